The van der Waals surface area contributed by atoms with Gasteiger partial charge in [0.25, 0.3) is 0 Å². The molecule has 17 heavy (non-hydrogen) atoms. The fourth-order valence-electron chi connectivity index (χ4n) is 2.02. The van der Waals surface area contributed by atoms with E-state index in [1.54, 1.807) is 13.0 Å². The first-order valence-corrected chi connectivity index (χ1v) is 5.91. The predicted molar refractivity (Wildman–Crippen MR) is 63.7 cm³/mol. The van der Waals surface area contributed by atoms with Crippen molar-refractivity contribution in [3.8, 4) is 5.75 Å². The monoisotopic (exact) mass is 239 g/mol. The molecule has 1 aliphatic heterocycles. The molecule has 4 heteroatoms. The van der Waals surface area contributed by atoms with Gasteiger partial charge in [-0.25, -0.2) is 4.39 Å². The molecule has 1 fully saturated rings. The third-order valence-corrected chi connectivity index (χ3v) is 3.17. The Balaban J connectivity index is 1.97. The lowest BCUT2D eigenvalue weighted by Gasteiger charge is -2.32. The van der Waals surface area contributed by atoms with Crippen LogP contribution in [0.1, 0.15) is 18.4 Å². The minimum Gasteiger partial charge on any atom is -0.490 e. The number of piperidine rings is 1. The van der Waals surface area contributed by atoms with Gasteiger partial charge in [-0.1, -0.05) is 0 Å². The third kappa shape index (κ3) is 3.17. The van der Waals surface area contributed by atoms with Crippen LogP contribution in [0.2, 0.25) is 0 Å². The Labute approximate surface area is 101 Å². The van der Waals surface area contributed by atoms with E-state index >= 15 is 0 Å². The van der Waals surface area contributed by atoms with Gasteiger partial charge in [0.2, 0.25) is 0 Å². The van der Waals surface area contributed by atoms with Gasteiger partial charge in [-0.2, -0.15) is 0 Å². The normalized spacial score (nSPS) is 19.0. The number of aryl methyl sites for hydroxylation is 1. The smallest absolute Gasteiger partial charge is 0.123 e. The van der Waals surface area contributed by atoms with Crippen molar-refractivity contribution >= 4 is 0 Å². The predicted octanol–water partition coefficient (Wildman–Crippen LogP) is 1.63. The van der Waals surface area contributed by atoms with E-state index in [2.05, 4.69) is 5.32 Å². The number of rotatable bonds is 3. The van der Waals surface area contributed by atoms with E-state index in [0.29, 0.717) is 18.6 Å². The van der Waals surface area contributed by atoms with Crippen molar-refractivity contribution in [3.05, 3.63) is 29.6 Å². The van der Waals surface area contributed by atoms with Gasteiger partial charge in [0, 0.05) is 0 Å². The number of aliphatic hydroxyl groups is 1. The zero-order valence-electron chi connectivity index (χ0n) is 10.0. The fourth-order valence-corrected chi connectivity index (χ4v) is 2.02. The van der Waals surface area contributed by atoms with Gasteiger partial charge < -0.3 is 15.2 Å². The number of hydrogen-bond acceptors (Lipinski definition) is 3. The molecule has 0 bridgehead atoms. The Bertz CT molecular complexity index is 389. The minimum absolute atomic E-state index is 0.265. The van der Waals surface area contributed by atoms with Crippen molar-refractivity contribution < 1.29 is 14.2 Å². The largest absolute Gasteiger partial charge is 0.490 e. The van der Waals surface area contributed by atoms with Crippen molar-refractivity contribution in [1.29, 1.82) is 0 Å². The van der Waals surface area contributed by atoms with E-state index in [-0.39, 0.29) is 12.4 Å². The van der Waals surface area contributed by atoms with Crippen LogP contribution in [-0.4, -0.2) is 30.4 Å². The van der Waals surface area contributed by atoms with Crippen molar-refractivity contribution in [3.63, 3.8) is 0 Å². The van der Waals surface area contributed by atoms with Gasteiger partial charge in [0.15, 0.2) is 0 Å². The Morgan fingerprint density at radius 3 is 2.76 bits per heavy atom. The van der Waals surface area contributed by atoms with Crippen LogP contribution < -0.4 is 10.1 Å². The highest BCUT2D eigenvalue weighted by Crippen LogP contribution is 2.23. The first-order chi connectivity index (χ1) is 8.09. The van der Waals surface area contributed by atoms with E-state index in [1.165, 1.54) is 12.1 Å². The molecule has 2 rings (SSSR count). The topological polar surface area (TPSA) is 41.5 Å². The number of ether oxygens (including phenoxy) is 1. The van der Waals surface area contributed by atoms with Gasteiger partial charge in [0.1, 0.15) is 23.8 Å². The molecule has 0 aliphatic carbocycles. The first kappa shape index (κ1) is 12.3. The van der Waals surface area contributed by atoms with Crippen LogP contribution in [0.4, 0.5) is 4.39 Å². The van der Waals surface area contributed by atoms with Gasteiger partial charge in [0.05, 0.1) is 0 Å². The number of benzene rings is 1. The Morgan fingerprint density at radius 1 is 1.41 bits per heavy atom. The molecule has 3 nitrogen and oxygen atoms in total. The van der Waals surface area contributed by atoms with Crippen LogP contribution in [0.25, 0.3) is 0 Å². The minimum atomic E-state index is -0.758. The molecule has 1 aliphatic rings. The van der Waals surface area contributed by atoms with Crippen LogP contribution >= 0.6 is 0 Å². The van der Waals surface area contributed by atoms with Crippen molar-refractivity contribution in [1.82, 2.24) is 5.32 Å². The standard InChI is InChI=1S/C13H18FNO2/c1-10-8-11(14)2-3-12(10)17-9-13(16)4-6-15-7-5-13/h2-3,8,15-16H,4-7,9H2,1H3. The zero-order valence-corrected chi connectivity index (χ0v) is 10.0. The Kier molecular flexibility index (Phi) is 3.64. The lowest BCUT2D eigenvalue weighted by Crippen LogP contribution is -2.46. The molecular formula is C13H18FNO2. The molecule has 0 amide bonds. The summed E-state index contributed by atoms with van der Waals surface area (Å²) in [5.41, 5.74) is -0.00551. The van der Waals surface area contributed by atoms with Gasteiger partial charge in [-0.15, -0.1) is 0 Å². The summed E-state index contributed by atoms with van der Waals surface area (Å²) in [6.07, 6.45) is 1.38. The molecule has 0 aromatic heterocycles. The molecule has 0 atom stereocenters. The highest BCUT2D eigenvalue weighted by molar-refractivity contribution is 5.32. The van der Waals surface area contributed by atoms with E-state index in [4.69, 9.17) is 4.74 Å². The fraction of sp³-hybridized carbons (Fsp3) is 0.538. The van der Waals surface area contributed by atoms with Gasteiger partial charge in [-0.3, -0.25) is 0 Å². The van der Waals surface area contributed by atoms with Crippen molar-refractivity contribution in [2.75, 3.05) is 19.7 Å². The molecule has 1 aromatic rings. The molecule has 1 heterocycles. The van der Waals surface area contributed by atoms with Crippen LogP contribution in [0.5, 0.6) is 5.75 Å². The summed E-state index contributed by atoms with van der Waals surface area (Å²) in [7, 11) is 0. The summed E-state index contributed by atoms with van der Waals surface area (Å²) in [6.45, 7) is 3.68. The summed E-state index contributed by atoms with van der Waals surface area (Å²) >= 11 is 0. The van der Waals surface area contributed by atoms with Gasteiger partial charge >= 0.3 is 0 Å². The quantitative estimate of drug-likeness (QED) is 0.842. The summed E-state index contributed by atoms with van der Waals surface area (Å²) in [5.74, 6) is 0.369. The highest BCUT2D eigenvalue weighted by Gasteiger charge is 2.30. The number of nitrogens with one attached hydrogen (secondary N) is 1. The third-order valence-electron chi connectivity index (χ3n) is 3.17. The van der Waals surface area contributed by atoms with Crippen LogP contribution in [0.3, 0.4) is 0 Å². The molecule has 0 spiro atoms. The lowest BCUT2D eigenvalue weighted by molar-refractivity contribution is -0.0287. The maximum absolute atomic E-state index is 12.9. The number of halogens is 1. The number of hydrogen-bond donors (Lipinski definition) is 2. The maximum atomic E-state index is 12.9. The van der Waals surface area contributed by atoms with Gasteiger partial charge in [-0.05, 0) is 56.6 Å². The maximum Gasteiger partial charge on any atom is 0.123 e. The van der Waals surface area contributed by atoms with E-state index < -0.39 is 5.60 Å². The second kappa shape index (κ2) is 5.02. The van der Waals surface area contributed by atoms with Crippen LogP contribution in [0.15, 0.2) is 18.2 Å². The molecule has 0 radical (unpaired) electrons. The molecule has 1 saturated heterocycles. The highest BCUT2D eigenvalue weighted by atomic mass is 19.1. The summed E-state index contributed by atoms with van der Waals surface area (Å²) in [6, 6.07) is 4.41. The summed E-state index contributed by atoms with van der Waals surface area (Å²) in [5, 5.41) is 13.4. The average molecular weight is 239 g/mol. The molecular weight excluding hydrogens is 221 g/mol. The second-order valence-corrected chi connectivity index (χ2v) is 4.67. The first-order valence-electron chi connectivity index (χ1n) is 5.91. The van der Waals surface area contributed by atoms with Crippen LogP contribution in [-0.2, 0) is 0 Å². The zero-order chi connectivity index (χ0) is 12.3. The molecule has 1 aromatic carbocycles. The molecule has 2 N–H and O–H groups in total. The lowest BCUT2D eigenvalue weighted by atomic mass is 9.93. The molecule has 0 unspecified atom stereocenters. The summed E-state index contributed by atoms with van der Waals surface area (Å²) in [4.78, 5) is 0. The van der Waals surface area contributed by atoms with E-state index in [9.17, 15) is 9.50 Å². The SMILES string of the molecule is Cc1cc(F)ccc1OCC1(O)CCNCC1. The van der Waals surface area contributed by atoms with Crippen molar-refractivity contribution in [2.45, 2.75) is 25.4 Å². The molecule has 94 valence electrons. The van der Waals surface area contributed by atoms with Crippen LogP contribution in [0, 0.1) is 12.7 Å². The van der Waals surface area contributed by atoms with Crippen molar-refractivity contribution in [2.24, 2.45) is 0 Å². The summed E-state index contributed by atoms with van der Waals surface area (Å²) < 4.78 is 18.5. The molecule has 0 saturated carbocycles. The average Bonchev–Trinajstić information content (AvgIpc) is 2.29. The second-order valence-electron chi connectivity index (χ2n) is 4.67. The van der Waals surface area contributed by atoms with E-state index in [1.807, 2.05) is 0 Å². The Hall–Kier alpha value is -1.13. The van der Waals surface area contributed by atoms with E-state index in [0.717, 1.165) is 18.7 Å². The Morgan fingerprint density at radius 2 is 2.12 bits per heavy atom.